The van der Waals surface area contributed by atoms with E-state index in [4.69, 9.17) is 0 Å². The van der Waals surface area contributed by atoms with E-state index in [1.165, 1.54) is 0 Å². The van der Waals surface area contributed by atoms with Crippen molar-refractivity contribution < 1.29 is 4.79 Å². The third-order valence-electron chi connectivity index (χ3n) is 2.94. The number of nitrogens with zero attached hydrogens (tertiary/aromatic N) is 1. The van der Waals surface area contributed by atoms with Gasteiger partial charge in [-0.1, -0.05) is 40.2 Å². The third-order valence-corrected chi connectivity index (χ3v) is 3.47. The molecule has 0 saturated carbocycles. The molecule has 1 atom stereocenters. The first-order chi connectivity index (χ1) is 8.75. The molecule has 2 aliphatic rings. The average Bonchev–Trinajstić information content (AvgIpc) is 2.54. The van der Waals surface area contributed by atoms with Gasteiger partial charge in [0.15, 0.2) is 0 Å². The van der Waals surface area contributed by atoms with Crippen LogP contribution in [0.1, 0.15) is 0 Å². The molecule has 1 aliphatic carbocycles. The Morgan fingerprint density at radius 3 is 2.67 bits per heavy atom. The van der Waals surface area contributed by atoms with Gasteiger partial charge in [0.05, 0.1) is 17.4 Å². The molecule has 1 heterocycles. The maximum atomic E-state index is 12.0. The Hall–Kier alpha value is -1.81. The summed E-state index contributed by atoms with van der Waals surface area (Å²) < 4.78 is 0.997. The summed E-state index contributed by atoms with van der Waals surface area (Å²) in [6, 6.07) is 7.57. The number of benzene rings is 1. The number of fused-ring (bicyclic) bond motifs is 1. The van der Waals surface area contributed by atoms with Crippen molar-refractivity contribution in [2.24, 2.45) is 0 Å². The molecule has 3 rings (SSSR count). The summed E-state index contributed by atoms with van der Waals surface area (Å²) in [4.78, 5) is 13.7. The van der Waals surface area contributed by atoms with E-state index < -0.39 is 0 Å². The van der Waals surface area contributed by atoms with Gasteiger partial charge in [0.25, 0.3) is 0 Å². The molecular weight excluding hydrogens is 292 g/mol. The molecule has 1 saturated heterocycles. The number of urea groups is 1. The van der Waals surface area contributed by atoms with E-state index in [-0.39, 0.29) is 12.1 Å². The molecular formula is C14H11BrN2O. The summed E-state index contributed by atoms with van der Waals surface area (Å²) in [6.45, 7) is 0. The minimum atomic E-state index is -0.0893. The summed E-state index contributed by atoms with van der Waals surface area (Å²) in [6.07, 6.45) is 9.78. The maximum absolute atomic E-state index is 12.0. The molecule has 4 heteroatoms. The quantitative estimate of drug-likeness (QED) is 0.847. The van der Waals surface area contributed by atoms with Gasteiger partial charge in [-0.2, -0.15) is 0 Å². The Balaban J connectivity index is 2.03. The Morgan fingerprint density at radius 1 is 1.11 bits per heavy atom. The highest BCUT2D eigenvalue weighted by atomic mass is 79.9. The molecule has 1 unspecified atom stereocenters. The summed E-state index contributed by atoms with van der Waals surface area (Å²) in [5, 5.41) is 2.94. The van der Waals surface area contributed by atoms with Crippen molar-refractivity contribution in [2.75, 3.05) is 4.90 Å². The van der Waals surface area contributed by atoms with Gasteiger partial charge in [0, 0.05) is 4.47 Å². The SMILES string of the molecule is O=C1NC2C=CC=CC=C2N1c1ccc(Br)cc1. The van der Waals surface area contributed by atoms with Crippen LogP contribution in [0, 0.1) is 0 Å². The summed E-state index contributed by atoms with van der Waals surface area (Å²) >= 11 is 3.39. The number of halogens is 1. The van der Waals surface area contributed by atoms with Crippen LogP contribution in [-0.4, -0.2) is 12.1 Å². The van der Waals surface area contributed by atoms with Crippen LogP contribution in [0.15, 0.2) is 64.8 Å². The Morgan fingerprint density at radius 2 is 1.89 bits per heavy atom. The molecule has 0 spiro atoms. The minimum Gasteiger partial charge on any atom is -0.326 e. The van der Waals surface area contributed by atoms with E-state index in [1.54, 1.807) is 4.90 Å². The van der Waals surface area contributed by atoms with Gasteiger partial charge in [-0.3, -0.25) is 4.90 Å². The monoisotopic (exact) mass is 302 g/mol. The highest BCUT2D eigenvalue weighted by molar-refractivity contribution is 9.10. The number of carbonyl (C=O) groups is 1. The van der Waals surface area contributed by atoms with Gasteiger partial charge >= 0.3 is 6.03 Å². The predicted octanol–water partition coefficient (Wildman–Crippen LogP) is 3.36. The molecule has 1 aromatic rings. The first-order valence-electron chi connectivity index (χ1n) is 5.67. The van der Waals surface area contributed by atoms with Crippen LogP contribution in [0.2, 0.25) is 0 Å². The smallest absolute Gasteiger partial charge is 0.326 e. The van der Waals surface area contributed by atoms with Crippen LogP contribution < -0.4 is 10.2 Å². The van der Waals surface area contributed by atoms with E-state index in [1.807, 2.05) is 54.6 Å². The Kier molecular flexibility index (Phi) is 2.80. The number of nitrogens with one attached hydrogen (secondary N) is 1. The van der Waals surface area contributed by atoms with Crippen molar-refractivity contribution in [3.63, 3.8) is 0 Å². The summed E-state index contributed by atoms with van der Waals surface area (Å²) in [7, 11) is 0. The first-order valence-corrected chi connectivity index (χ1v) is 6.46. The number of hydrogen-bond donors (Lipinski definition) is 1. The van der Waals surface area contributed by atoms with Crippen LogP contribution in [-0.2, 0) is 0 Å². The van der Waals surface area contributed by atoms with Gasteiger partial charge in [-0.15, -0.1) is 0 Å². The zero-order valence-corrected chi connectivity index (χ0v) is 11.1. The molecule has 0 radical (unpaired) electrons. The number of carbonyl (C=O) groups excluding carboxylic acids is 1. The zero-order chi connectivity index (χ0) is 12.5. The summed E-state index contributed by atoms with van der Waals surface area (Å²) in [5.74, 6) is 0. The lowest BCUT2D eigenvalue weighted by molar-refractivity contribution is 0.251. The highest BCUT2D eigenvalue weighted by Gasteiger charge is 2.33. The second kappa shape index (κ2) is 4.46. The molecule has 1 fully saturated rings. The van der Waals surface area contributed by atoms with Crippen LogP contribution in [0.5, 0.6) is 0 Å². The Labute approximate surface area is 114 Å². The molecule has 18 heavy (non-hydrogen) atoms. The number of amides is 2. The van der Waals surface area contributed by atoms with Crippen molar-refractivity contribution in [3.8, 4) is 0 Å². The molecule has 2 amide bonds. The van der Waals surface area contributed by atoms with Crippen molar-refractivity contribution in [1.29, 1.82) is 0 Å². The van der Waals surface area contributed by atoms with E-state index in [9.17, 15) is 4.79 Å². The van der Waals surface area contributed by atoms with E-state index >= 15 is 0 Å². The maximum Gasteiger partial charge on any atom is 0.327 e. The molecule has 90 valence electrons. The standard InChI is InChI=1S/C14H11BrN2O/c15-10-6-8-11(9-7-10)17-13-5-3-1-2-4-12(13)16-14(17)18/h1-9,12H,(H,16,18). The van der Waals surface area contributed by atoms with Gasteiger partial charge in [-0.25, -0.2) is 4.79 Å². The molecule has 0 aromatic heterocycles. The average molecular weight is 303 g/mol. The Bertz CT molecular complexity index is 572. The molecule has 1 aliphatic heterocycles. The fourth-order valence-corrected chi connectivity index (χ4v) is 2.37. The van der Waals surface area contributed by atoms with Gasteiger partial charge in [0.1, 0.15) is 0 Å². The minimum absolute atomic E-state index is 0.0452. The summed E-state index contributed by atoms with van der Waals surface area (Å²) in [5.41, 5.74) is 1.82. The second-order valence-electron chi connectivity index (χ2n) is 4.10. The van der Waals surface area contributed by atoms with Crippen LogP contribution in [0.3, 0.4) is 0 Å². The second-order valence-corrected chi connectivity index (χ2v) is 5.02. The lowest BCUT2D eigenvalue weighted by Crippen LogP contribution is -2.27. The van der Waals surface area contributed by atoms with Crippen molar-refractivity contribution in [3.05, 3.63) is 64.8 Å². The number of hydrogen-bond acceptors (Lipinski definition) is 1. The van der Waals surface area contributed by atoms with Gasteiger partial charge < -0.3 is 5.32 Å². The molecule has 0 bridgehead atoms. The van der Waals surface area contributed by atoms with Crippen molar-refractivity contribution in [1.82, 2.24) is 5.32 Å². The number of allylic oxidation sites excluding steroid dienone is 4. The van der Waals surface area contributed by atoms with Crippen LogP contribution in [0.25, 0.3) is 0 Å². The lowest BCUT2D eigenvalue weighted by Gasteiger charge is -2.17. The van der Waals surface area contributed by atoms with Gasteiger partial charge in [-0.05, 0) is 30.3 Å². The highest BCUT2D eigenvalue weighted by Crippen LogP contribution is 2.28. The third kappa shape index (κ3) is 1.88. The number of anilines is 1. The fourth-order valence-electron chi connectivity index (χ4n) is 2.10. The largest absolute Gasteiger partial charge is 0.327 e. The van der Waals surface area contributed by atoms with Crippen LogP contribution >= 0.6 is 15.9 Å². The molecule has 1 aromatic carbocycles. The van der Waals surface area contributed by atoms with E-state index in [2.05, 4.69) is 21.2 Å². The topological polar surface area (TPSA) is 32.3 Å². The van der Waals surface area contributed by atoms with Gasteiger partial charge in [0.2, 0.25) is 0 Å². The molecule has 1 N–H and O–H groups in total. The van der Waals surface area contributed by atoms with Crippen LogP contribution in [0.4, 0.5) is 10.5 Å². The van der Waals surface area contributed by atoms with Crippen molar-refractivity contribution >= 4 is 27.6 Å². The predicted molar refractivity (Wildman–Crippen MR) is 75.3 cm³/mol. The van der Waals surface area contributed by atoms with Crippen molar-refractivity contribution in [2.45, 2.75) is 6.04 Å². The lowest BCUT2D eigenvalue weighted by atomic mass is 10.2. The molecule has 3 nitrogen and oxygen atoms in total. The first kappa shape index (κ1) is 11.3. The number of rotatable bonds is 1. The van der Waals surface area contributed by atoms with E-state index in [0.29, 0.717) is 0 Å². The van der Waals surface area contributed by atoms with E-state index in [0.717, 1.165) is 15.9 Å². The fraction of sp³-hybridized carbons (Fsp3) is 0.0714. The normalized spacial score (nSPS) is 21.4. The zero-order valence-electron chi connectivity index (χ0n) is 9.51.